The molecule has 0 radical (unpaired) electrons. The Labute approximate surface area is 188 Å². The van der Waals surface area contributed by atoms with Crippen molar-refractivity contribution in [2.45, 2.75) is 58.0 Å². The van der Waals surface area contributed by atoms with Crippen LogP contribution >= 0.6 is 35.3 Å². The van der Waals surface area contributed by atoms with Crippen molar-refractivity contribution in [1.29, 1.82) is 0 Å². The predicted octanol–water partition coefficient (Wildman–Crippen LogP) is 3.17. The van der Waals surface area contributed by atoms with Crippen LogP contribution in [0.4, 0.5) is 4.79 Å². The number of thiazole rings is 1. The van der Waals surface area contributed by atoms with Gasteiger partial charge in [-0.15, -0.1) is 35.3 Å². The van der Waals surface area contributed by atoms with Crippen molar-refractivity contribution in [1.82, 2.24) is 20.5 Å². The van der Waals surface area contributed by atoms with E-state index in [0.29, 0.717) is 19.1 Å². The summed E-state index contributed by atoms with van der Waals surface area (Å²) in [5, 5.41) is 7.52. The second-order valence-corrected chi connectivity index (χ2v) is 8.45. The molecule has 2 N–H and O–H groups in total. The lowest BCUT2D eigenvalue weighted by Gasteiger charge is -2.24. The van der Waals surface area contributed by atoms with E-state index in [9.17, 15) is 4.79 Å². The molecule has 1 aromatic heterocycles. The molecule has 2 aliphatic carbocycles. The van der Waals surface area contributed by atoms with Gasteiger partial charge in [-0.25, -0.2) is 9.78 Å². The van der Waals surface area contributed by atoms with Crippen molar-refractivity contribution in [3.63, 3.8) is 0 Å². The maximum Gasteiger partial charge on any atom is 0.407 e. The number of alkyl carbamates (subject to hydrolysis) is 1. The van der Waals surface area contributed by atoms with Crippen LogP contribution < -0.4 is 10.6 Å². The van der Waals surface area contributed by atoms with Gasteiger partial charge in [-0.3, -0.25) is 4.99 Å². The summed E-state index contributed by atoms with van der Waals surface area (Å²) in [5.41, 5.74) is 1.30. The van der Waals surface area contributed by atoms with Gasteiger partial charge >= 0.3 is 6.09 Å². The highest BCUT2D eigenvalue weighted by molar-refractivity contribution is 14.0. The fraction of sp³-hybridized carbons (Fsp3) is 0.737. The molecule has 0 saturated heterocycles. The highest BCUT2D eigenvalue weighted by Crippen LogP contribution is 2.32. The summed E-state index contributed by atoms with van der Waals surface area (Å²) in [6.07, 6.45) is 6.79. The Bertz CT molecular complexity index is 654. The molecule has 9 heteroatoms. The Morgan fingerprint density at radius 1 is 1.39 bits per heavy atom. The lowest BCUT2D eigenvalue weighted by Crippen LogP contribution is -2.48. The Balaban J connectivity index is 0.00000280. The van der Waals surface area contributed by atoms with Gasteiger partial charge in [-0.1, -0.05) is 0 Å². The van der Waals surface area contributed by atoms with E-state index in [1.165, 1.54) is 29.8 Å². The van der Waals surface area contributed by atoms with Gasteiger partial charge in [-0.2, -0.15) is 0 Å². The first-order chi connectivity index (χ1) is 13.1. The Morgan fingerprint density at radius 3 is 2.79 bits per heavy atom. The summed E-state index contributed by atoms with van der Waals surface area (Å²) < 4.78 is 5.02. The lowest BCUT2D eigenvalue weighted by atomic mass is 10.0. The number of guanidine groups is 1. The molecule has 28 heavy (non-hydrogen) atoms. The number of halogens is 1. The highest BCUT2D eigenvalue weighted by Gasteiger charge is 2.32. The molecule has 158 valence electrons. The Hall–Kier alpha value is -1.10. The standard InChI is InChI=1S/C19H31N5O2S.HI/c1-4-26-19(25)23-15(13-9-10-13)11-21-18(20-2)24(3)12-17-22-14-7-5-6-8-16(14)27-17;/h13,15H,4-12H2,1-3H3,(H,20,21)(H,23,25);1H. The maximum atomic E-state index is 11.8. The SMILES string of the molecule is CCOC(=O)NC(CNC(=NC)N(C)Cc1nc2c(s1)CCCC2)C1CC1.I. The van der Waals surface area contributed by atoms with Gasteiger partial charge in [0.2, 0.25) is 0 Å². The van der Waals surface area contributed by atoms with E-state index < -0.39 is 0 Å². The van der Waals surface area contributed by atoms with E-state index in [0.717, 1.165) is 36.8 Å². The van der Waals surface area contributed by atoms with Crippen molar-refractivity contribution >= 4 is 47.4 Å². The zero-order valence-corrected chi connectivity index (χ0v) is 20.1. The van der Waals surface area contributed by atoms with Crippen LogP contribution in [0.3, 0.4) is 0 Å². The van der Waals surface area contributed by atoms with Crippen molar-refractivity contribution in [2.75, 3.05) is 27.2 Å². The van der Waals surface area contributed by atoms with Gasteiger partial charge in [0.1, 0.15) is 5.01 Å². The summed E-state index contributed by atoms with van der Waals surface area (Å²) >= 11 is 1.84. The maximum absolute atomic E-state index is 11.8. The minimum Gasteiger partial charge on any atom is -0.450 e. The van der Waals surface area contributed by atoms with Crippen LogP contribution in [-0.4, -0.2) is 55.2 Å². The second-order valence-electron chi connectivity index (χ2n) is 7.28. The molecule has 0 aromatic carbocycles. The van der Waals surface area contributed by atoms with Crippen LogP contribution in [0.15, 0.2) is 4.99 Å². The number of aromatic nitrogens is 1. The minimum atomic E-state index is -0.340. The largest absolute Gasteiger partial charge is 0.450 e. The molecule has 1 heterocycles. The van der Waals surface area contributed by atoms with Crippen molar-refractivity contribution in [3.05, 3.63) is 15.6 Å². The van der Waals surface area contributed by atoms with Gasteiger partial charge < -0.3 is 20.3 Å². The van der Waals surface area contributed by atoms with Gasteiger partial charge in [-0.05, 0) is 51.4 Å². The Kier molecular flexibility index (Phi) is 9.26. The number of ether oxygens (including phenoxy) is 1. The van der Waals surface area contributed by atoms with Crippen LogP contribution in [0.25, 0.3) is 0 Å². The molecule has 3 rings (SSSR count). The number of aryl methyl sites for hydroxylation is 2. The van der Waals surface area contributed by atoms with Gasteiger partial charge in [0.15, 0.2) is 5.96 Å². The number of nitrogens with one attached hydrogen (secondary N) is 2. The molecule has 0 aliphatic heterocycles. The van der Waals surface area contributed by atoms with Crippen LogP contribution in [0.1, 0.15) is 48.2 Å². The molecule has 1 saturated carbocycles. The molecule has 0 spiro atoms. The zero-order chi connectivity index (χ0) is 19.2. The molecule has 1 fully saturated rings. The average Bonchev–Trinajstić information content (AvgIpc) is 3.41. The molecule has 1 amide bonds. The summed E-state index contributed by atoms with van der Waals surface area (Å²) in [6, 6.07) is 0.0707. The lowest BCUT2D eigenvalue weighted by molar-refractivity contribution is 0.146. The van der Waals surface area contributed by atoms with E-state index in [1.807, 2.05) is 25.3 Å². The molecular formula is C19H32IN5O2S. The third-order valence-electron chi connectivity index (χ3n) is 5.09. The summed E-state index contributed by atoms with van der Waals surface area (Å²) in [7, 11) is 3.82. The van der Waals surface area contributed by atoms with E-state index in [-0.39, 0.29) is 36.1 Å². The first-order valence-electron chi connectivity index (χ1n) is 9.93. The average molecular weight is 521 g/mol. The van der Waals surface area contributed by atoms with Gasteiger partial charge in [0.25, 0.3) is 0 Å². The molecule has 1 atom stereocenters. The number of fused-ring (bicyclic) bond motifs is 1. The van der Waals surface area contributed by atoms with E-state index in [4.69, 9.17) is 9.72 Å². The first kappa shape index (κ1) is 23.2. The molecule has 1 unspecified atom stereocenters. The number of carbonyl (C=O) groups is 1. The van der Waals surface area contributed by atoms with Crippen LogP contribution in [-0.2, 0) is 24.1 Å². The molecule has 7 nitrogen and oxygen atoms in total. The number of rotatable bonds is 7. The summed E-state index contributed by atoms with van der Waals surface area (Å²) in [6.45, 7) is 3.60. The minimum absolute atomic E-state index is 0. The summed E-state index contributed by atoms with van der Waals surface area (Å²) in [4.78, 5) is 24.5. The van der Waals surface area contributed by atoms with Crippen molar-refractivity contribution in [2.24, 2.45) is 10.9 Å². The fourth-order valence-electron chi connectivity index (χ4n) is 3.50. The van der Waals surface area contributed by atoms with Crippen LogP contribution in [0, 0.1) is 5.92 Å². The number of hydrogen-bond donors (Lipinski definition) is 2. The van der Waals surface area contributed by atoms with E-state index in [1.54, 1.807) is 7.05 Å². The fourth-order valence-corrected chi connectivity index (χ4v) is 4.71. The molecule has 2 aliphatic rings. The monoisotopic (exact) mass is 521 g/mol. The third-order valence-corrected chi connectivity index (χ3v) is 6.23. The molecule has 1 aromatic rings. The number of hydrogen-bond acceptors (Lipinski definition) is 5. The van der Waals surface area contributed by atoms with E-state index >= 15 is 0 Å². The predicted molar refractivity (Wildman–Crippen MR) is 124 cm³/mol. The van der Waals surface area contributed by atoms with Crippen molar-refractivity contribution in [3.8, 4) is 0 Å². The van der Waals surface area contributed by atoms with Gasteiger partial charge in [0, 0.05) is 25.5 Å². The third kappa shape index (κ3) is 6.47. The van der Waals surface area contributed by atoms with Gasteiger partial charge in [0.05, 0.1) is 24.9 Å². The molecule has 0 bridgehead atoms. The van der Waals surface area contributed by atoms with E-state index in [2.05, 4.69) is 20.5 Å². The Morgan fingerprint density at radius 2 is 2.14 bits per heavy atom. The number of amides is 1. The number of nitrogens with zero attached hydrogens (tertiary/aromatic N) is 3. The van der Waals surface area contributed by atoms with Crippen LogP contribution in [0.2, 0.25) is 0 Å². The zero-order valence-electron chi connectivity index (χ0n) is 17.0. The highest BCUT2D eigenvalue weighted by atomic mass is 127. The quantitative estimate of drug-likeness (QED) is 0.328. The normalized spacial score (nSPS) is 17.2. The summed E-state index contributed by atoms with van der Waals surface area (Å²) in [5.74, 6) is 1.34. The smallest absolute Gasteiger partial charge is 0.407 e. The number of aliphatic imine (C=N–C) groups is 1. The first-order valence-corrected chi connectivity index (χ1v) is 10.7. The topological polar surface area (TPSA) is 78.8 Å². The van der Waals surface area contributed by atoms with Crippen LogP contribution in [0.5, 0.6) is 0 Å². The van der Waals surface area contributed by atoms with Crippen molar-refractivity contribution < 1.29 is 9.53 Å². The number of carbonyl (C=O) groups excluding carboxylic acids is 1. The second kappa shape index (κ2) is 11.2. The molecular weight excluding hydrogens is 489 g/mol.